The Morgan fingerprint density at radius 3 is 2.48 bits per heavy atom. The van der Waals surface area contributed by atoms with E-state index in [-0.39, 0.29) is 36.1 Å². The van der Waals surface area contributed by atoms with Gasteiger partial charge in [-0.2, -0.15) is 0 Å². The lowest BCUT2D eigenvalue weighted by Crippen LogP contribution is -2.61. The molecule has 6 heteroatoms. The molecule has 5 aliphatic heterocycles. The second kappa shape index (κ2) is 6.59. The first-order valence-corrected chi connectivity index (χ1v) is 10.2. The van der Waals surface area contributed by atoms with E-state index in [4.69, 9.17) is 0 Å². The smallest absolute Gasteiger partial charge is 0.242 e. The van der Waals surface area contributed by atoms with Crippen LogP contribution in [0.1, 0.15) is 37.2 Å². The average Bonchev–Trinajstić information content (AvgIpc) is 3.29. The zero-order valence-corrected chi connectivity index (χ0v) is 15.5. The Balaban J connectivity index is 1.42. The van der Waals surface area contributed by atoms with Crippen molar-refractivity contribution in [2.75, 3.05) is 32.7 Å². The molecular formula is C21H26FN3O2. The number of benzene rings is 1. The number of fused-ring (bicyclic) bond motifs is 2. The maximum Gasteiger partial charge on any atom is 0.242 e. The van der Waals surface area contributed by atoms with E-state index in [9.17, 15) is 14.0 Å². The molecule has 0 unspecified atom stereocenters. The summed E-state index contributed by atoms with van der Waals surface area (Å²) >= 11 is 0. The van der Waals surface area contributed by atoms with Crippen LogP contribution in [0.15, 0.2) is 24.3 Å². The van der Waals surface area contributed by atoms with Crippen LogP contribution in [-0.2, 0) is 9.59 Å². The highest BCUT2D eigenvalue weighted by Crippen LogP contribution is 2.46. The summed E-state index contributed by atoms with van der Waals surface area (Å²) in [4.78, 5) is 31.4. The summed E-state index contributed by atoms with van der Waals surface area (Å²) in [5.74, 6) is 0.724. The lowest BCUT2D eigenvalue weighted by atomic mass is 9.75. The summed E-state index contributed by atoms with van der Waals surface area (Å²) in [7, 11) is 0. The van der Waals surface area contributed by atoms with E-state index >= 15 is 0 Å². The Hall–Kier alpha value is -1.95. The summed E-state index contributed by atoms with van der Waals surface area (Å²) in [6.07, 6.45) is 3.70. The van der Waals surface area contributed by atoms with Gasteiger partial charge in [-0.25, -0.2) is 4.39 Å². The van der Waals surface area contributed by atoms with Gasteiger partial charge in [0, 0.05) is 31.5 Å². The molecule has 5 heterocycles. The van der Waals surface area contributed by atoms with Crippen LogP contribution in [-0.4, -0.2) is 71.3 Å². The standard InChI is InChI=1S/C21H26FN3O2/c22-16-5-3-14(4-6-16)17-12-25(19(27)13-24-9-1-2-18(24)26)20-15-7-10-23(11-8-15)21(17)20/h3-6,15,17,20-21H,1-2,7-13H2/t17-,20+,21+/m0/s1. The molecule has 27 heavy (non-hydrogen) atoms. The number of amides is 2. The second-order valence-electron chi connectivity index (χ2n) is 8.48. The van der Waals surface area contributed by atoms with Crippen molar-refractivity contribution in [1.82, 2.24) is 14.7 Å². The van der Waals surface area contributed by atoms with Gasteiger partial charge in [-0.05, 0) is 56.0 Å². The highest BCUT2D eigenvalue weighted by atomic mass is 19.1. The molecule has 6 rings (SSSR count). The summed E-state index contributed by atoms with van der Waals surface area (Å²) in [6.45, 7) is 3.77. The largest absolute Gasteiger partial charge is 0.336 e. The topological polar surface area (TPSA) is 43.9 Å². The Morgan fingerprint density at radius 1 is 1.07 bits per heavy atom. The molecule has 0 aliphatic carbocycles. The molecule has 3 atom stereocenters. The van der Waals surface area contributed by atoms with Crippen molar-refractivity contribution < 1.29 is 14.0 Å². The third kappa shape index (κ3) is 2.85. The third-order valence-electron chi connectivity index (χ3n) is 7.11. The minimum atomic E-state index is -0.223. The van der Waals surface area contributed by atoms with Gasteiger partial charge in [-0.3, -0.25) is 14.5 Å². The predicted molar refractivity (Wildman–Crippen MR) is 98.5 cm³/mol. The first kappa shape index (κ1) is 17.2. The lowest BCUT2D eigenvalue weighted by Gasteiger charge is -2.51. The Kier molecular flexibility index (Phi) is 4.19. The van der Waals surface area contributed by atoms with Crippen molar-refractivity contribution in [2.45, 2.75) is 43.7 Å². The molecule has 5 fully saturated rings. The van der Waals surface area contributed by atoms with Crippen molar-refractivity contribution in [3.05, 3.63) is 35.6 Å². The summed E-state index contributed by atoms with van der Waals surface area (Å²) in [6, 6.07) is 7.34. The van der Waals surface area contributed by atoms with E-state index in [1.165, 1.54) is 12.1 Å². The molecule has 1 aromatic carbocycles. The Morgan fingerprint density at radius 2 is 1.81 bits per heavy atom. The van der Waals surface area contributed by atoms with Crippen molar-refractivity contribution in [1.29, 1.82) is 0 Å². The minimum Gasteiger partial charge on any atom is -0.336 e. The number of rotatable bonds is 3. The molecule has 2 bridgehead atoms. The first-order chi connectivity index (χ1) is 13.1. The normalized spacial score (nSPS) is 35.0. The zero-order valence-electron chi connectivity index (χ0n) is 15.5. The van der Waals surface area contributed by atoms with Crippen molar-refractivity contribution >= 4 is 11.8 Å². The lowest BCUT2D eigenvalue weighted by molar-refractivity contribution is -0.141. The van der Waals surface area contributed by atoms with E-state index in [1.807, 2.05) is 12.1 Å². The van der Waals surface area contributed by atoms with E-state index < -0.39 is 0 Å². The molecule has 0 aromatic heterocycles. The molecular weight excluding hydrogens is 345 g/mol. The molecule has 0 N–H and O–H groups in total. The fourth-order valence-corrected chi connectivity index (χ4v) is 5.83. The predicted octanol–water partition coefficient (Wildman–Crippen LogP) is 1.84. The van der Waals surface area contributed by atoms with Gasteiger partial charge in [0.2, 0.25) is 11.8 Å². The molecule has 0 spiro atoms. The quantitative estimate of drug-likeness (QED) is 0.814. The van der Waals surface area contributed by atoms with Crippen molar-refractivity contribution in [2.24, 2.45) is 5.92 Å². The van der Waals surface area contributed by atoms with Gasteiger partial charge in [0.1, 0.15) is 5.82 Å². The van der Waals surface area contributed by atoms with Crippen LogP contribution in [0.3, 0.4) is 0 Å². The number of piperidine rings is 3. The van der Waals surface area contributed by atoms with Crippen LogP contribution >= 0.6 is 0 Å². The highest BCUT2D eigenvalue weighted by Gasteiger charge is 2.54. The number of hydrogen-bond acceptors (Lipinski definition) is 3. The van der Waals surface area contributed by atoms with Crippen LogP contribution < -0.4 is 0 Å². The summed E-state index contributed by atoms with van der Waals surface area (Å²) in [5, 5.41) is 0. The number of likely N-dealkylation sites (tertiary alicyclic amines) is 2. The van der Waals surface area contributed by atoms with E-state index in [2.05, 4.69) is 9.80 Å². The van der Waals surface area contributed by atoms with Gasteiger partial charge in [0.15, 0.2) is 0 Å². The van der Waals surface area contributed by atoms with Gasteiger partial charge >= 0.3 is 0 Å². The molecule has 1 aromatic rings. The number of carbonyl (C=O) groups excluding carboxylic acids is 2. The molecule has 5 aliphatic rings. The maximum absolute atomic E-state index is 13.4. The average molecular weight is 371 g/mol. The molecule has 5 nitrogen and oxygen atoms in total. The monoisotopic (exact) mass is 371 g/mol. The number of nitrogens with zero attached hydrogens (tertiary/aromatic N) is 3. The maximum atomic E-state index is 13.4. The molecule has 0 saturated carbocycles. The van der Waals surface area contributed by atoms with Crippen LogP contribution in [0.5, 0.6) is 0 Å². The summed E-state index contributed by atoms with van der Waals surface area (Å²) < 4.78 is 13.4. The second-order valence-corrected chi connectivity index (χ2v) is 8.48. The highest BCUT2D eigenvalue weighted by molar-refractivity contribution is 5.86. The molecule has 0 radical (unpaired) electrons. The van der Waals surface area contributed by atoms with Gasteiger partial charge in [-0.1, -0.05) is 12.1 Å². The van der Waals surface area contributed by atoms with Gasteiger partial charge < -0.3 is 9.80 Å². The van der Waals surface area contributed by atoms with Crippen molar-refractivity contribution in [3.8, 4) is 0 Å². The molecule has 2 amide bonds. The Bertz CT molecular complexity index is 744. The number of hydrogen-bond donors (Lipinski definition) is 0. The van der Waals surface area contributed by atoms with E-state index in [0.717, 1.165) is 37.9 Å². The van der Waals surface area contributed by atoms with E-state index in [1.54, 1.807) is 4.90 Å². The molecule has 5 saturated heterocycles. The fraction of sp³-hybridized carbons (Fsp3) is 0.619. The van der Waals surface area contributed by atoms with Gasteiger partial charge in [-0.15, -0.1) is 0 Å². The third-order valence-corrected chi connectivity index (χ3v) is 7.11. The first-order valence-electron chi connectivity index (χ1n) is 10.2. The Labute approximate surface area is 159 Å². The minimum absolute atomic E-state index is 0.0820. The van der Waals surface area contributed by atoms with Crippen molar-refractivity contribution in [3.63, 3.8) is 0 Å². The fourth-order valence-electron chi connectivity index (χ4n) is 5.83. The number of carbonyl (C=O) groups is 2. The summed E-state index contributed by atoms with van der Waals surface area (Å²) in [5.41, 5.74) is 1.12. The van der Waals surface area contributed by atoms with Gasteiger partial charge in [0.25, 0.3) is 0 Å². The van der Waals surface area contributed by atoms with Crippen LogP contribution in [0.2, 0.25) is 0 Å². The van der Waals surface area contributed by atoms with Crippen LogP contribution in [0.4, 0.5) is 4.39 Å². The van der Waals surface area contributed by atoms with Crippen LogP contribution in [0.25, 0.3) is 0 Å². The van der Waals surface area contributed by atoms with E-state index in [0.29, 0.717) is 31.5 Å². The van der Waals surface area contributed by atoms with Gasteiger partial charge in [0.05, 0.1) is 12.6 Å². The van der Waals surface area contributed by atoms with Crippen LogP contribution in [0, 0.1) is 11.7 Å². The molecule has 144 valence electrons. The number of halogens is 1. The SMILES string of the molecule is O=C1CCCN1CC(=O)N1C[C@@H](c2ccc(F)cc2)[C@@H]2[C@H]1C1CCN2CC1. The zero-order chi connectivity index (χ0) is 18.5.